The first-order chi connectivity index (χ1) is 17.2. The zero-order valence-corrected chi connectivity index (χ0v) is 23.9. The van der Waals surface area contributed by atoms with Gasteiger partial charge in [-0.25, -0.2) is 21.6 Å². The van der Waals surface area contributed by atoms with Crippen molar-refractivity contribution in [1.82, 2.24) is 4.72 Å². The summed E-state index contributed by atoms with van der Waals surface area (Å²) in [6.45, 7) is 7.79. The van der Waals surface area contributed by atoms with Crippen molar-refractivity contribution in [3.8, 4) is 5.75 Å². The van der Waals surface area contributed by atoms with Gasteiger partial charge in [0.15, 0.2) is 0 Å². The van der Waals surface area contributed by atoms with Crippen molar-refractivity contribution < 1.29 is 34.9 Å². The van der Waals surface area contributed by atoms with E-state index in [9.17, 15) is 34.9 Å². The van der Waals surface area contributed by atoms with E-state index in [4.69, 9.17) is 0 Å². The third-order valence-corrected chi connectivity index (χ3v) is 8.60. The van der Waals surface area contributed by atoms with Crippen LogP contribution >= 0.6 is 0 Å². The molecule has 38 heavy (non-hydrogen) atoms. The normalized spacial score (nSPS) is 13.3. The first-order valence-electron chi connectivity index (χ1n) is 11.0. The molecular weight excluding hydrogens is 556 g/mol. The van der Waals surface area contributed by atoms with E-state index in [-0.39, 0.29) is 43.9 Å². The highest BCUT2D eigenvalue weighted by Gasteiger charge is 2.28. The van der Waals surface area contributed by atoms with Gasteiger partial charge in [0.1, 0.15) is 10.6 Å². The summed E-state index contributed by atoms with van der Waals surface area (Å²) in [6, 6.07) is 8.04. The predicted molar refractivity (Wildman–Crippen MR) is 144 cm³/mol. The van der Waals surface area contributed by atoms with Gasteiger partial charge in [0, 0.05) is 16.3 Å². The Labute approximate surface area is 221 Å². The number of anilines is 1. The fraction of sp³-hybridized carbons (Fsp3) is 0.304. The van der Waals surface area contributed by atoms with Crippen LogP contribution in [0.5, 0.6) is 5.75 Å². The molecule has 0 spiro atoms. The summed E-state index contributed by atoms with van der Waals surface area (Å²) in [7, 11) is -12.5. The van der Waals surface area contributed by atoms with Crippen molar-refractivity contribution in [2.75, 3.05) is 11.0 Å². The molecule has 0 aromatic heterocycles. The van der Waals surface area contributed by atoms with Gasteiger partial charge in [-0.05, 0) is 70.0 Å². The number of rotatable bonds is 7. The molecule has 0 fully saturated rings. The molecule has 4 N–H and O–H groups in total. The van der Waals surface area contributed by atoms with E-state index in [0.29, 0.717) is 0 Å². The van der Waals surface area contributed by atoms with E-state index in [0.717, 1.165) is 12.3 Å². The molecule has 0 saturated heterocycles. The molecule has 0 bridgehead atoms. The van der Waals surface area contributed by atoms with Crippen LogP contribution in [0.2, 0.25) is 0 Å². The fourth-order valence-electron chi connectivity index (χ4n) is 3.95. The van der Waals surface area contributed by atoms with Gasteiger partial charge < -0.3 is 5.11 Å². The van der Waals surface area contributed by atoms with Crippen molar-refractivity contribution in [3.63, 3.8) is 0 Å². The topological polar surface area (TPSA) is 192 Å². The lowest BCUT2D eigenvalue weighted by Gasteiger charge is -2.21. The molecule has 3 aromatic carbocycles. The number of hydrogen-bond acceptors (Lipinski definition) is 9. The molecule has 0 saturated carbocycles. The minimum absolute atomic E-state index is 0.00142. The van der Waals surface area contributed by atoms with Gasteiger partial charge in [0.2, 0.25) is 20.0 Å². The summed E-state index contributed by atoms with van der Waals surface area (Å²) in [5, 5.41) is 19.3. The Morgan fingerprint density at radius 2 is 1.47 bits per heavy atom. The summed E-state index contributed by atoms with van der Waals surface area (Å²) in [5.41, 5.74) is -0.363. The van der Waals surface area contributed by atoms with Crippen LogP contribution in [0.4, 0.5) is 17.1 Å². The maximum atomic E-state index is 13.1. The Bertz CT molecular complexity index is 1770. The van der Waals surface area contributed by atoms with Crippen molar-refractivity contribution >= 4 is 58.0 Å². The highest BCUT2D eigenvalue weighted by Crippen LogP contribution is 2.43. The van der Waals surface area contributed by atoms with Gasteiger partial charge in [-0.15, -0.1) is 5.11 Å². The lowest BCUT2D eigenvalue weighted by molar-refractivity contribution is 0.457. The van der Waals surface area contributed by atoms with Gasteiger partial charge in [-0.3, -0.25) is 9.27 Å². The molecule has 0 heterocycles. The van der Waals surface area contributed by atoms with Gasteiger partial charge >= 0.3 is 0 Å². The van der Waals surface area contributed by atoms with Gasteiger partial charge in [0.05, 0.1) is 28.2 Å². The SMILES string of the molecule is Cc1cc(/N=N/c2cc(S(=O)(=O)NC(C)(C)C)c(O)c3cccc(NS(C)(=O)=O)c23)cc(C)c1S(=O)(=O)O. The number of benzene rings is 3. The standard InChI is InChI=1S/C23H28N4O8S3/c1-13-10-15(11-14(2)22(13)38(33,34)35)24-25-18-12-19(37(31,32)27-23(3,4)5)21(28)16-8-7-9-17(20(16)18)26-36(6,29)30/h7-12,26-28H,1-6H3,(H,33,34,35)/b25-24+. The van der Waals surface area contributed by atoms with Crippen molar-refractivity contribution in [1.29, 1.82) is 0 Å². The molecule has 0 radical (unpaired) electrons. The Morgan fingerprint density at radius 3 is 1.97 bits per heavy atom. The van der Waals surface area contributed by atoms with Gasteiger partial charge in [0.25, 0.3) is 10.1 Å². The van der Waals surface area contributed by atoms with E-state index in [1.54, 1.807) is 20.8 Å². The minimum atomic E-state index is -4.48. The van der Waals surface area contributed by atoms with E-state index in [1.807, 2.05) is 0 Å². The third-order valence-electron chi connectivity index (χ3n) is 5.08. The maximum absolute atomic E-state index is 13.1. The monoisotopic (exact) mass is 584 g/mol. The molecule has 206 valence electrons. The number of nitrogens with zero attached hydrogens (tertiary/aromatic N) is 2. The van der Waals surface area contributed by atoms with E-state index >= 15 is 0 Å². The highest BCUT2D eigenvalue weighted by atomic mass is 32.2. The summed E-state index contributed by atoms with van der Waals surface area (Å²) < 4.78 is 87.9. The molecule has 0 aliphatic rings. The van der Waals surface area contributed by atoms with Crippen LogP contribution in [0.25, 0.3) is 10.8 Å². The second-order valence-corrected chi connectivity index (χ2v) is 14.5. The molecule has 0 aliphatic carbocycles. The van der Waals surface area contributed by atoms with Crippen LogP contribution in [0.1, 0.15) is 31.9 Å². The average molecular weight is 585 g/mol. The Kier molecular flexibility index (Phi) is 7.66. The highest BCUT2D eigenvalue weighted by molar-refractivity contribution is 7.92. The smallest absolute Gasteiger partial charge is 0.295 e. The van der Waals surface area contributed by atoms with Crippen LogP contribution in [-0.2, 0) is 30.2 Å². The number of aromatic hydroxyl groups is 1. The second kappa shape index (κ2) is 9.89. The van der Waals surface area contributed by atoms with Crippen LogP contribution in [0.15, 0.2) is 56.4 Å². The molecule has 15 heteroatoms. The second-order valence-electron chi connectivity index (χ2n) is 9.78. The Balaban J connectivity index is 2.34. The van der Waals surface area contributed by atoms with Crippen molar-refractivity contribution in [2.45, 2.75) is 49.9 Å². The van der Waals surface area contributed by atoms with Crippen LogP contribution in [0, 0.1) is 13.8 Å². The lowest BCUT2D eigenvalue weighted by atomic mass is 10.1. The summed E-state index contributed by atoms with van der Waals surface area (Å²) >= 11 is 0. The molecular formula is C23H28N4O8S3. The third kappa shape index (κ3) is 6.66. The number of phenolic OH excluding ortho intramolecular Hbond substituents is 1. The summed E-state index contributed by atoms with van der Waals surface area (Å²) in [5.74, 6) is -0.614. The predicted octanol–water partition coefficient (Wildman–Crippen LogP) is 4.27. The van der Waals surface area contributed by atoms with Crippen molar-refractivity contribution in [2.24, 2.45) is 10.2 Å². The zero-order valence-electron chi connectivity index (χ0n) is 21.4. The number of phenols is 1. The molecule has 0 atom stereocenters. The minimum Gasteiger partial charge on any atom is -0.506 e. The fourth-order valence-corrected chi connectivity index (χ4v) is 7.00. The molecule has 0 aliphatic heterocycles. The maximum Gasteiger partial charge on any atom is 0.295 e. The Morgan fingerprint density at radius 1 is 0.895 bits per heavy atom. The van der Waals surface area contributed by atoms with E-state index < -0.39 is 46.3 Å². The van der Waals surface area contributed by atoms with Gasteiger partial charge in [-0.2, -0.15) is 13.5 Å². The van der Waals surface area contributed by atoms with Gasteiger partial charge in [-0.1, -0.05) is 12.1 Å². The van der Waals surface area contributed by atoms with Crippen LogP contribution in [0.3, 0.4) is 0 Å². The lowest BCUT2D eigenvalue weighted by Crippen LogP contribution is -2.40. The molecule has 0 unspecified atom stereocenters. The number of azo groups is 1. The van der Waals surface area contributed by atoms with E-state index in [1.165, 1.54) is 44.2 Å². The quantitative estimate of drug-likeness (QED) is 0.234. The molecule has 12 nitrogen and oxygen atoms in total. The summed E-state index contributed by atoms with van der Waals surface area (Å²) in [6.07, 6.45) is 0.932. The average Bonchev–Trinajstić information content (AvgIpc) is 2.69. The first kappa shape index (κ1) is 29.4. The largest absolute Gasteiger partial charge is 0.506 e. The van der Waals surface area contributed by atoms with Crippen LogP contribution < -0.4 is 9.44 Å². The number of sulfonamides is 2. The van der Waals surface area contributed by atoms with Crippen molar-refractivity contribution in [3.05, 3.63) is 47.5 Å². The Hall–Kier alpha value is -3.11. The number of aryl methyl sites for hydroxylation is 2. The number of hydrogen-bond donors (Lipinski definition) is 4. The summed E-state index contributed by atoms with van der Waals surface area (Å²) in [4.78, 5) is -0.771. The molecule has 3 rings (SSSR count). The first-order valence-corrected chi connectivity index (χ1v) is 15.8. The molecule has 0 amide bonds. The number of fused-ring (bicyclic) bond motifs is 1. The van der Waals surface area contributed by atoms with Crippen LogP contribution in [-0.4, -0.2) is 46.7 Å². The number of nitrogens with one attached hydrogen (secondary N) is 2. The molecule has 3 aromatic rings. The van der Waals surface area contributed by atoms with E-state index in [2.05, 4.69) is 19.7 Å². The zero-order chi connectivity index (χ0) is 28.8.